The average Bonchev–Trinajstić information content (AvgIpc) is 2.53. The summed E-state index contributed by atoms with van der Waals surface area (Å²) in [7, 11) is 0. The number of nitrogens with zero attached hydrogens (tertiary/aromatic N) is 1. The van der Waals surface area contributed by atoms with Gasteiger partial charge in [-0.2, -0.15) is 0 Å². The van der Waals surface area contributed by atoms with Crippen LogP contribution in [0.5, 0.6) is 0 Å². The number of aliphatic hydroxyl groups excluding tert-OH is 1. The Hall–Kier alpha value is -1.55. The second-order valence-electron chi connectivity index (χ2n) is 5.14. The highest BCUT2D eigenvalue weighted by molar-refractivity contribution is 5.97. The molecule has 4 heteroatoms. The molecular formula is C15H22N2O2. The van der Waals surface area contributed by atoms with Crippen LogP contribution in [0.25, 0.3) is 0 Å². The number of fused-ring (bicyclic) bond motifs is 1. The van der Waals surface area contributed by atoms with Crippen LogP contribution in [0.2, 0.25) is 0 Å². The fraction of sp³-hybridized carbons (Fsp3) is 0.533. The van der Waals surface area contributed by atoms with E-state index in [1.807, 2.05) is 25.1 Å². The quantitative estimate of drug-likeness (QED) is 0.800. The zero-order valence-corrected chi connectivity index (χ0v) is 11.4. The number of nitrogens with one attached hydrogen (secondary N) is 1. The molecule has 1 atom stereocenters. The van der Waals surface area contributed by atoms with E-state index >= 15 is 0 Å². The van der Waals surface area contributed by atoms with Crippen LogP contribution in [-0.4, -0.2) is 30.7 Å². The van der Waals surface area contributed by atoms with Crippen molar-refractivity contribution in [2.45, 2.75) is 26.2 Å². The predicted molar refractivity (Wildman–Crippen MR) is 77.4 cm³/mol. The van der Waals surface area contributed by atoms with Crippen molar-refractivity contribution in [1.82, 2.24) is 0 Å². The number of benzene rings is 1. The zero-order valence-electron chi connectivity index (χ0n) is 11.4. The molecule has 0 fully saturated rings. The molecule has 4 nitrogen and oxygen atoms in total. The number of unbranched alkanes of at least 4 members (excludes halogenated alkanes) is 2. The van der Waals surface area contributed by atoms with E-state index in [0.29, 0.717) is 0 Å². The minimum atomic E-state index is -0.00904. The third-order valence-electron chi connectivity index (χ3n) is 3.53. The third-order valence-corrected chi connectivity index (χ3v) is 3.53. The molecule has 0 radical (unpaired) electrons. The van der Waals surface area contributed by atoms with Crippen LogP contribution in [0.15, 0.2) is 24.3 Å². The molecule has 0 bridgehead atoms. The van der Waals surface area contributed by atoms with Gasteiger partial charge in [0.05, 0.1) is 17.3 Å². The first-order chi connectivity index (χ1) is 9.22. The summed E-state index contributed by atoms with van der Waals surface area (Å²) in [5.74, 6) is 0.0792. The lowest BCUT2D eigenvalue weighted by atomic mass is 10.1. The molecule has 1 heterocycles. The number of carbonyl (C=O) groups is 1. The van der Waals surface area contributed by atoms with E-state index in [4.69, 9.17) is 5.11 Å². The van der Waals surface area contributed by atoms with Crippen molar-refractivity contribution in [3.63, 3.8) is 0 Å². The molecule has 104 valence electrons. The van der Waals surface area contributed by atoms with Gasteiger partial charge in [-0.3, -0.25) is 4.79 Å². The Balaban J connectivity index is 2.10. The zero-order chi connectivity index (χ0) is 13.7. The Morgan fingerprint density at radius 1 is 1.32 bits per heavy atom. The minimum absolute atomic E-state index is 0.00904. The van der Waals surface area contributed by atoms with Crippen LogP contribution >= 0.6 is 0 Å². The second-order valence-corrected chi connectivity index (χ2v) is 5.14. The average molecular weight is 262 g/mol. The number of aliphatic hydroxyl groups is 1. The van der Waals surface area contributed by atoms with E-state index < -0.39 is 0 Å². The Kier molecular flexibility index (Phi) is 4.80. The van der Waals surface area contributed by atoms with Crippen molar-refractivity contribution >= 4 is 17.3 Å². The number of rotatable bonds is 5. The van der Waals surface area contributed by atoms with Crippen molar-refractivity contribution in [2.75, 3.05) is 29.9 Å². The van der Waals surface area contributed by atoms with Crippen LogP contribution in [0.3, 0.4) is 0 Å². The predicted octanol–water partition coefficient (Wildman–Crippen LogP) is 2.24. The minimum Gasteiger partial charge on any atom is -0.396 e. The van der Waals surface area contributed by atoms with Crippen molar-refractivity contribution < 1.29 is 9.90 Å². The molecule has 19 heavy (non-hydrogen) atoms. The van der Waals surface area contributed by atoms with Gasteiger partial charge in [-0.1, -0.05) is 19.1 Å². The summed E-state index contributed by atoms with van der Waals surface area (Å²) in [6.45, 7) is 3.90. The summed E-state index contributed by atoms with van der Waals surface area (Å²) >= 11 is 0. The van der Waals surface area contributed by atoms with Gasteiger partial charge in [-0.25, -0.2) is 0 Å². The Morgan fingerprint density at radius 2 is 2.11 bits per heavy atom. The molecule has 1 aromatic carbocycles. The van der Waals surface area contributed by atoms with Gasteiger partial charge in [0.1, 0.15) is 0 Å². The van der Waals surface area contributed by atoms with Gasteiger partial charge < -0.3 is 15.3 Å². The Bertz CT molecular complexity index is 434. The number of carbonyl (C=O) groups excluding carboxylic acids is 1. The van der Waals surface area contributed by atoms with Gasteiger partial charge >= 0.3 is 0 Å². The molecule has 1 aliphatic heterocycles. The molecule has 0 aromatic heterocycles. The van der Waals surface area contributed by atoms with Gasteiger partial charge in [0.2, 0.25) is 5.91 Å². The maximum absolute atomic E-state index is 11.9. The number of anilines is 2. The highest BCUT2D eigenvalue weighted by atomic mass is 16.2. The molecule has 0 saturated heterocycles. The smallest absolute Gasteiger partial charge is 0.229 e. The summed E-state index contributed by atoms with van der Waals surface area (Å²) in [4.78, 5) is 14.2. The summed E-state index contributed by atoms with van der Waals surface area (Å²) in [5, 5.41) is 11.8. The molecule has 0 spiro atoms. The van der Waals surface area contributed by atoms with Crippen LogP contribution in [0.1, 0.15) is 26.2 Å². The standard InChI is InChI=1S/C15H22N2O2/c1-12-11-17(9-5-2-6-10-18)14-8-4-3-7-13(14)16-15(12)19/h3-4,7-8,12,18H,2,5-6,9-11H2,1H3,(H,16,19). The molecule has 2 rings (SSSR count). The van der Waals surface area contributed by atoms with Crippen LogP contribution in [0, 0.1) is 5.92 Å². The highest BCUT2D eigenvalue weighted by Gasteiger charge is 2.23. The largest absolute Gasteiger partial charge is 0.396 e. The molecular weight excluding hydrogens is 240 g/mol. The summed E-state index contributed by atoms with van der Waals surface area (Å²) < 4.78 is 0. The van der Waals surface area contributed by atoms with Gasteiger partial charge in [-0.05, 0) is 31.4 Å². The molecule has 0 saturated carbocycles. The normalized spacial score (nSPS) is 18.7. The first-order valence-electron chi connectivity index (χ1n) is 6.98. The molecule has 1 aromatic rings. The van der Waals surface area contributed by atoms with Crippen molar-refractivity contribution in [1.29, 1.82) is 0 Å². The fourth-order valence-electron chi connectivity index (χ4n) is 2.43. The molecule has 2 N–H and O–H groups in total. The Morgan fingerprint density at radius 3 is 2.89 bits per heavy atom. The van der Waals surface area contributed by atoms with Crippen LogP contribution < -0.4 is 10.2 Å². The van der Waals surface area contributed by atoms with Gasteiger partial charge in [-0.15, -0.1) is 0 Å². The summed E-state index contributed by atoms with van der Waals surface area (Å²) in [6, 6.07) is 7.95. The lowest BCUT2D eigenvalue weighted by Gasteiger charge is -2.25. The SMILES string of the molecule is CC1CN(CCCCCO)c2ccccc2NC1=O. The molecule has 1 aliphatic rings. The van der Waals surface area contributed by atoms with Gasteiger partial charge in [0.25, 0.3) is 0 Å². The lowest BCUT2D eigenvalue weighted by molar-refractivity contribution is -0.119. The second kappa shape index (κ2) is 6.57. The van der Waals surface area contributed by atoms with Crippen LogP contribution in [-0.2, 0) is 4.79 Å². The van der Waals surface area contributed by atoms with E-state index in [9.17, 15) is 4.79 Å². The van der Waals surface area contributed by atoms with E-state index in [1.165, 1.54) is 0 Å². The number of hydrogen-bond donors (Lipinski definition) is 2. The van der Waals surface area contributed by atoms with Crippen molar-refractivity contribution in [2.24, 2.45) is 5.92 Å². The van der Waals surface area contributed by atoms with E-state index in [1.54, 1.807) is 0 Å². The number of para-hydroxylation sites is 2. The topological polar surface area (TPSA) is 52.6 Å². The first kappa shape index (κ1) is 13.9. The highest BCUT2D eigenvalue weighted by Crippen LogP contribution is 2.29. The molecule has 0 aliphatic carbocycles. The summed E-state index contributed by atoms with van der Waals surface area (Å²) in [6.07, 6.45) is 2.91. The first-order valence-corrected chi connectivity index (χ1v) is 6.98. The number of amides is 1. The van der Waals surface area contributed by atoms with Crippen molar-refractivity contribution in [3.8, 4) is 0 Å². The van der Waals surface area contributed by atoms with Crippen LogP contribution in [0.4, 0.5) is 11.4 Å². The van der Waals surface area contributed by atoms with Gasteiger partial charge in [0, 0.05) is 19.7 Å². The van der Waals surface area contributed by atoms with E-state index in [0.717, 1.165) is 43.7 Å². The molecule has 1 amide bonds. The van der Waals surface area contributed by atoms with Crippen molar-refractivity contribution in [3.05, 3.63) is 24.3 Å². The van der Waals surface area contributed by atoms with Gasteiger partial charge in [0.15, 0.2) is 0 Å². The monoisotopic (exact) mass is 262 g/mol. The van der Waals surface area contributed by atoms with E-state index in [-0.39, 0.29) is 18.4 Å². The maximum atomic E-state index is 11.9. The number of hydrogen-bond acceptors (Lipinski definition) is 3. The third kappa shape index (κ3) is 3.47. The lowest BCUT2D eigenvalue weighted by Crippen LogP contribution is -2.31. The Labute approximate surface area is 114 Å². The molecule has 1 unspecified atom stereocenters. The fourth-order valence-corrected chi connectivity index (χ4v) is 2.43. The maximum Gasteiger partial charge on any atom is 0.229 e. The summed E-state index contributed by atoms with van der Waals surface area (Å²) in [5.41, 5.74) is 2.00. The van der Waals surface area contributed by atoms with E-state index in [2.05, 4.69) is 16.3 Å².